The first-order valence-corrected chi connectivity index (χ1v) is 8.86. The number of aliphatic hydroxyl groups excluding tert-OH is 1. The highest BCUT2D eigenvalue weighted by Gasteiger charge is 2.12. The lowest BCUT2D eigenvalue weighted by Crippen LogP contribution is -2.38. The summed E-state index contributed by atoms with van der Waals surface area (Å²) in [5.74, 6) is 0.399. The van der Waals surface area contributed by atoms with Crippen LogP contribution in [0.5, 0.6) is 0 Å². The average Bonchev–Trinajstić information content (AvgIpc) is 2.97. The van der Waals surface area contributed by atoms with Gasteiger partial charge in [0.05, 0.1) is 10.9 Å². The quantitative estimate of drug-likeness (QED) is 0.603. The molecule has 0 saturated carbocycles. The van der Waals surface area contributed by atoms with Gasteiger partial charge in [-0.3, -0.25) is 4.99 Å². The van der Waals surface area contributed by atoms with Gasteiger partial charge >= 0.3 is 0 Å². The number of guanidine groups is 1. The highest BCUT2D eigenvalue weighted by Crippen LogP contribution is 2.26. The molecule has 0 aliphatic rings. The average molecular weight is 370 g/mol. The minimum atomic E-state index is -0.696. The van der Waals surface area contributed by atoms with Crippen molar-refractivity contribution in [2.45, 2.75) is 19.6 Å². The van der Waals surface area contributed by atoms with Crippen LogP contribution in [0.4, 0.5) is 4.39 Å². The van der Waals surface area contributed by atoms with Crippen molar-refractivity contribution >= 4 is 28.9 Å². The Balaban J connectivity index is 2.03. The molecule has 1 atom stereocenters. The molecule has 1 aromatic heterocycles. The van der Waals surface area contributed by atoms with E-state index in [2.05, 4.69) is 10.3 Å². The van der Waals surface area contributed by atoms with Crippen molar-refractivity contribution in [2.24, 2.45) is 4.99 Å². The molecule has 2 N–H and O–H groups in total. The van der Waals surface area contributed by atoms with Crippen LogP contribution in [-0.4, -0.2) is 36.1 Å². The summed E-state index contributed by atoms with van der Waals surface area (Å²) in [6.45, 7) is 3.42. The number of nitrogens with one attached hydrogen (secondary N) is 1. The summed E-state index contributed by atoms with van der Waals surface area (Å²) in [5.41, 5.74) is 0.855. The van der Waals surface area contributed by atoms with Crippen LogP contribution < -0.4 is 5.32 Å². The van der Waals surface area contributed by atoms with Gasteiger partial charge < -0.3 is 15.3 Å². The molecule has 0 aliphatic heterocycles. The van der Waals surface area contributed by atoms with Crippen LogP contribution >= 0.6 is 22.9 Å². The fraction of sp³-hybridized carbons (Fsp3) is 0.353. The Morgan fingerprint density at radius 2 is 2.21 bits per heavy atom. The summed E-state index contributed by atoms with van der Waals surface area (Å²) in [5, 5.41) is 13.4. The lowest BCUT2D eigenvalue weighted by molar-refractivity contribution is 0.190. The van der Waals surface area contributed by atoms with Crippen LogP contribution in [0.2, 0.25) is 4.34 Å². The Kier molecular flexibility index (Phi) is 7.02. The molecule has 1 heterocycles. The maximum atomic E-state index is 13.3. The van der Waals surface area contributed by atoms with Crippen LogP contribution in [0.1, 0.15) is 23.5 Å². The molecule has 24 heavy (non-hydrogen) atoms. The maximum absolute atomic E-state index is 13.3. The predicted octanol–water partition coefficient (Wildman–Crippen LogP) is 3.67. The van der Waals surface area contributed by atoms with Crippen LogP contribution in [0.3, 0.4) is 0 Å². The van der Waals surface area contributed by atoms with Crippen molar-refractivity contribution in [3.63, 3.8) is 0 Å². The molecule has 1 aromatic carbocycles. The third-order valence-electron chi connectivity index (χ3n) is 3.34. The largest absolute Gasteiger partial charge is 0.386 e. The minimum Gasteiger partial charge on any atom is -0.386 e. The van der Waals surface area contributed by atoms with E-state index in [9.17, 15) is 9.50 Å². The first-order chi connectivity index (χ1) is 11.5. The summed E-state index contributed by atoms with van der Waals surface area (Å²) >= 11 is 7.23. The molecule has 4 nitrogen and oxygen atoms in total. The standard InChI is InChI=1S/C17H21ClFN3OS/c1-3-20-17(21-10-14(23)15-7-8-16(18)24-15)22(2)11-12-5-4-6-13(19)9-12/h4-9,14,23H,3,10-11H2,1-2H3,(H,20,21). The molecule has 0 fully saturated rings. The van der Waals surface area contributed by atoms with Crippen LogP contribution in [-0.2, 0) is 6.54 Å². The molecule has 0 aliphatic carbocycles. The highest BCUT2D eigenvalue weighted by molar-refractivity contribution is 7.16. The molecule has 0 bridgehead atoms. The van der Waals surface area contributed by atoms with Crippen LogP contribution in [0, 0.1) is 5.82 Å². The van der Waals surface area contributed by atoms with Crippen molar-refractivity contribution in [2.75, 3.05) is 20.1 Å². The van der Waals surface area contributed by atoms with Gasteiger partial charge in [-0.1, -0.05) is 23.7 Å². The highest BCUT2D eigenvalue weighted by atomic mass is 35.5. The van der Waals surface area contributed by atoms with Crippen molar-refractivity contribution in [1.29, 1.82) is 0 Å². The molecule has 2 rings (SSSR count). The Hall–Kier alpha value is -1.63. The summed E-state index contributed by atoms with van der Waals surface area (Å²) in [7, 11) is 1.88. The van der Waals surface area contributed by atoms with E-state index < -0.39 is 6.10 Å². The number of aliphatic hydroxyl groups is 1. The zero-order valence-corrected chi connectivity index (χ0v) is 15.2. The number of hydrogen-bond acceptors (Lipinski definition) is 3. The molecule has 7 heteroatoms. The van der Waals surface area contributed by atoms with Gasteiger partial charge in [0, 0.05) is 25.0 Å². The molecular weight excluding hydrogens is 349 g/mol. The van der Waals surface area contributed by atoms with E-state index in [0.717, 1.165) is 10.4 Å². The van der Waals surface area contributed by atoms with Gasteiger partial charge in [0.25, 0.3) is 0 Å². The van der Waals surface area contributed by atoms with E-state index in [1.165, 1.54) is 23.5 Å². The third kappa shape index (κ3) is 5.47. The Morgan fingerprint density at radius 1 is 1.42 bits per heavy atom. The second kappa shape index (κ2) is 9.01. The smallest absolute Gasteiger partial charge is 0.194 e. The fourth-order valence-corrected chi connectivity index (χ4v) is 3.26. The van der Waals surface area contributed by atoms with E-state index in [0.29, 0.717) is 23.4 Å². The first-order valence-electron chi connectivity index (χ1n) is 7.66. The normalized spacial score (nSPS) is 13.0. The maximum Gasteiger partial charge on any atom is 0.194 e. The van der Waals surface area contributed by atoms with Crippen LogP contribution in [0.25, 0.3) is 0 Å². The fourth-order valence-electron chi connectivity index (χ4n) is 2.22. The SMILES string of the molecule is CCNC(=NCC(O)c1ccc(Cl)s1)N(C)Cc1cccc(F)c1. The number of aliphatic imine (C=N–C) groups is 1. The van der Waals surface area contributed by atoms with E-state index >= 15 is 0 Å². The van der Waals surface area contributed by atoms with Crippen LogP contribution in [0.15, 0.2) is 41.4 Å². The van der Waals surface area contributed by atoms with Gasteiger partial charge in [-0.25, -0.2) is 4.39 Å². The van der Waals surface area contributed by atoms with E-state index in [1.807, 2.05) is 24.9 Å². The lowest BCUT2D eigenvalue weighted by atomic mass is 10.2. The lowest BCUT2D eigenvalue weighted by Gasteiger charge is -2.22. The molecular formula is C17H21ClFN3OS. The Labute approximate surface area is 150 Å². The Bertz CT molecular complexity index is 692. The van der Waals surface area contributed by atoms with E-state index in [1.54, 1.807) is 18.2 Å². The van der Waals surface area contributed by atoms with E-state index in [-0.39, 0.29) is 12.4 Å². The van der Waals surface area contributed by atoms with Gasteiger partial charge in [-0.15, -0.1) is 11.3 Å². The second-order valence-electron chi connectivity index (χ2n) is 5.34. The van der Waals surface area contributed by atoms with Gasteiger partial charge in [-0.2, -0.15) is 0 Å². The zero-order chi connectivity index (χ0) is 17.5. The summed E-state index contributed by atoms with van der Waals surface area (Å²) in [6, 6.07) is 10.0. The first kappa shape index (κ1) is 18.7. The van der Waals surface area contributed by atoms with Crippen molar-refractivity contribution in [3.8, 4) is 0 Å². The van der Waals surface area contributed by atoms with Crippen molar-refractivity contribution < 1.29 is 9.50 Å². The molecule has 130 valence electrons. The van der Waals surface area contributed by atoms with Gasteiger partial charge in [0.1, 0.15) is 11.9 Å². The predicted molar refractivity (Wildman–Crippen MR) is 98.1 cm³/mol. The zero-order valence-electron chi connectivity index (χ0n) is 13.7. The molecule has 0 amide bonds. The number of thiophene rings is 1. The van der Waals surface area contributed by atoms with Gasteiger partial charge in [-0.05, 0) is 36.8 Å². The number of rotatable bonds is 6. The number of halogens is 2. The summed E-state index contributed by atoms with van der Waals surface area (Å²) < 4.78 is 13.9. The topological polar surface area (TPSA) is 47.9 Å². The monoisotopic (exact) mass is 369 g/mol. The molecule has 0 spiro atoms. The molecule has 0 saturated heterocycles. The molecule has 0 radical (unpaired) electrons. The summed E-state index contributed by atoms with van der Waals surface area (Å²) in [4.78, 5) is 7.15. The number of benzene rings is 1. The number of nitrogens with zero attached hydrogens (tertiary/aromatic N) is 2. The van der Waals surface area contributed by atoms with Gasteiger partial charge in [0.2, 0.25) is 0 Å². The van der Waals surface area contributed by atoms with E-state index in [4.69, 9.17) is 11.6 Å². The number of hydrogen-bond donors (Lipinski definition) is 2. The molecule has 2 aromatic rings. The van der Waals surface area contributed by atoms with Gasteiger partial charge in [0.15, 0.2) is 5.96 Å². The molecule has 1 unspecified atom stereocenters. The third-order valence-corrected chi connectivity index (χ3v) is 4.67. The summed E-state index contributed by atoms with van der Waals surface area (Å²) in [6.07, 6.45) is -0.696. The van der Waals surface area contributed by atoms with Crippen molar-refractivity contribution in [3.05, 3.63) is 57.0 Å². The minimum absolute atomic E-state index is 0.229. The Morgan fingerprint density at radius 3 is 2.83 bits per heavy atom. The van der Waals surface area contributed by atoms with Crippen molar-refractivity contribution in [1.82, 2.24) is 10.2 Å². The second-order valence-corrected chi connectivity index (χ2v) is 7.08.